The van der Waals surface area contributed by atoms with Crippen molar-refractivity contribution in [2.24, 2.45) is 0 Å². The van der Waals surface area contributed by atoms with E-state index in [1.54, 1.807) is 12.1 Å². The Hall–Kier alpha value is -2.89. The van der Waals surface area contributed by atoms with Crippen LogP contribution in [0.15, 0.2) is 48.5 Å². The molecular weight excluding hydrogens is 318 g/mol. The summed E-state index contributed by atoms with van der Waals surface area (Å²) in [5.41, 5.74) is 2.03. The van der Waals surface area contributed by atoms with Crippen LogP contribution < -0.4 is 10.2 Å². The molecule has 130 valence electrons. The molecule has 1 saturated heterocycles. The molecular formula is C19H21N3O3. The molecule has 2 aromatic carbocycles. The highest BCUT2D eigenvalue weighted by atomic mass is 16.6. The predicted octanol–water partition coefficient (Wildman–Crippen LogP) is 3.69. The highest BCUT2D eigenvalue weighted by molar-refractivity contribution is 5.98. The van der Waals surface area contributed by atoms with Gasteiger partial charge in [-0.1, -0.05) is 24.3 Å². The molecule has 6 heteroatoms. The Morgan fingerprint density at radius 3 is 2.60 bits per heavy atom. The molecule has 0 spiro atoms. The zero-order valence-corrected chi connectivity index (χ0v) is 14.1. The van der Waals surface area contributed by atoms with Crippen molar-refractivity contribution in [3.63, 3.8) is 0 Å². The number of para-hydroxylation sites is 1. The van der Waals surface area contributed by atoms with Gasteiger partial charge in [0.15, 0.2) is 0 Å². The van der Waals surface area contributed by atoms with Crippen molar-refractivity contribution in [2.75, 3.05) is 18.0 Å². The first-order valence-electron chi connectivity index (χ1n) is 8.45. The van der Waals surface area contributed by atoms with E-state index < -0.39 is 10.8 Å². The molecule has 2 aromatic rings. The summed E-state index contributed by atoms with van der Waals surface area (Å²) in [6, 6.07) is 13.9. The largest absolute Gasteiger partial charge is 0.372 e. The van der Waals surface area contributed by atoms with Crippen LogP contribution in [-0.2, 0) is 0 Å². The SMILES string of the molecule is C[C@H](NC(=O)c1ccccc1[N+](=O)[O-])c1cccc(N2CCCC2)c1. The molecule has 0 bridgehead atoms. The summed E-state index contributed by atoms with van der Waals surface area (Å²) in [7, 11) is 0. The van der Waals surface area contributed by atoms with Crippen molar-refractivity contribution < 1.29 is 9.72 Å². The molecule has 6 nitrogen and oxygen atoms in total. The Bertz CT molecular complexity index is 785. The molecule has 1 N–H and O–H groups in total. The number of amides is 1. The second-order valence-electron chi connectivity index (χ2n) is 6.26. The lowest BCUT2D eigenvalue weighted by molar-refractivity contribution is -0.385. The lowest BCUT2D eigenvalue weighted by atomic mass is 10.1. The average Bonchev–Trinajstić information content (AvgIpc) is 3.16. The Balaban J connectivity index is 1.76. The van der Waals surface area contributed by atoms with Crippen LogP contribution in [0.4, 0.5) is 11.4 Å². The van der Waals surface area contributed by atoms with Gasteiger partial charge in [0.05, 0.1) is 11.0 Å². The first kappa shape index (κ1) is 17.0. The van der Waals surface area contributed by atoms with Gasteiger partial charge in [-0.3, -0.25) is 14.9 Å². The summed E-state index contributed by atoms with van der Waals surface area (Å²) >= 11 is 0. The summed E-state index contributed by atoms with van der Waals surface area (Å²) < 4.78 is 0. The van der Waals surface area contributed by atoms with E-state index in [0.717, 1.165) is 24.3 Å². The number of nitrogens with one attached hydrogen (secondary N) is 1. The van der Waals surface area contributed by atoms with Crippen molar-refractivity contribution in [1.82, 2.24) is 5.32 Å². The number of rotatable bonds is 5. The quantitative estimate of drug-likeness (QED) is 0.666. The standard InChI is InChI=1S/C19H21N3O3/c1-14(15-7-6-8-16(13-15)21-11-4-5-12-21)20-19(23)17-9-2-3-10-18(17)22(24)25/h2-3,6-10,13-14H,4-5,11-12H2,1H3,(H,20,23)/t14-/m0/s1. The second kappa shape index (κ2) is 7.34. The summed E-state index contributed by atoms with van der Waals surface area (Å²) in [6.07, 6.45) is 2.41. The summed E-state index contributed by atoms with van der Waals surface area (Å²) in [5.74, 6) is -0.439. The van der Waals surface area contributed by atoms with Gasteiger partial charge in [0.25, 0.3) is 11.6 Å². The highest BCUT2D eigenvalue weighted by Crippen LogP contribution is 2.25. The molecule has 3 rings (SSSR count). The Morgan fingerprint density at radius 1 is 1.16 bits per heavy atom. The van der Waals surface area contributed by atoms with Crippen molar-refractivity contribution >= 4 is 17.3 Å². The number of nitrogens with zero attached hydrogens (tertiary/aromatic N) is 2. The van der Waals surface area contributed by atoms with Gasteiger partial charge >= 0.3 is 0 Å². The monoisotopic (exact) mass is 339 g/mol. The van der Waals surface area contributed by atoms with Gasteiger partial charge in [0.1, 0.15) is 5.56 Å². The van der Waals surface area contributed by atoms with Crippen molar-refractivity contribution in [3.8, 4) is 0 Å². The number of carbonyl (C=O) groups excluding carboxylic acids is 1. The molecule has 1 amide bonds. The molecule has 0 aromatic heterocycles. The minimum absolute atomic E-state index is 0.0787. The van der Waals surface area contributed by atoms with E-state index >= 15 is 0 Å². The van der Waals surface area contributed by atoms with Crippen LogP contribution in [0.1, 0.15) is 41.7 Å². The van der Waals surface area contributed by atoms with Crippen LogP contribution in [0.25, 0.3) is 0 Å². The second-order valence-corrected chi connectivity index (χ2v) is 6.26. The molecule has 1 atom stereocenters. The minimum Gasteiger partial charge on any atom is -0.372 e. The van der Waals surface area contributed by atoms with E-state index in [0.29, 0.717) is 0 Å². The average molecular weight is 339 g/mol. The predicted molar refractivity (Wildman–Crippen MR) is 96.9 cm³/mol. The van der Waals surface area contributed by atoms with Crippen LogP contribution in [0.3, 0.4) is 0 Å². The maximum atomic E-state index is 12.5. The van der Waals surface area contributed by atoms with Gasteiger partial charge < -0.3 is 10.2 Å². The number of hydrogen-bond acceptors (Lipinski definition) is 4. The number of nitro benzene ring substituents is 1. The molecule has 1 aliphatic heterocycles. The van der Waals surface area contributed by atoms with Crippen molar-refractivity contribution in [3.05, 3.63) is 69.8 Å². The van der Waals surface area contributed by atoms with Crippen LogP contribution in [-0.4, -0.2) is 23.9 Å². The van der Waals surface area contributed by atoms with Gasteiger partial charge in [-0.25, -0.2) is 0 Å². The van der Waals surface area contributed by atoms with Gasteiger partial charge in [-0.05, 0) is 43.5 Å². The van der Waals surface area contributed by atoms with Crippen molar-refractivity contribution in [1.29, 1.82) is 0 Å². The molecule has 0 unspecified atom stereocenters. The van der Waals surface area contributed by atoms with Crippen LogP contribution >= 0.6 is 0 Å². The van der Waals surface area contributed by atoms with Gasteiger partial charge in [-0.2, -0.15) is 0 Å². The molecule has 1 aliphatic rings. The van der Waals surface area contributed by atoms with E-state index in [9.17, 15) is 14.9 Å². The molecule has 0 saturated carbocycles. The fraction of sp³-hybridized carbons (Fsp3) is 0.316. The van der Waals surface area contributed by atoms with E-state index in [1.165, 1.54) is 25.0 Å². The number of anilines is 1. The summed E-state index contributed by atoms with van der Waals surface area (Å²) in [4.78, 5) is 25.4. The topological polar surface area (TPSA) is 75.5 Å². The maximum absolute atomic E-state index is 12.5. The first-order chi connectivity index (χ1) is 12.1. The van der Waals surface area contributed by atoms with Gasteiger partial charge in [0, 0.05) is 24.8 Å². The number of nitro groups is 1. The number of benzene rings is 2. The molecule has 1 fully saturated rings. The fourth-order valence-corrected chi connectivity index (χ4v) is 3.15. The zero-order valence-electron chi connectivity index (χ0n) is 14.1. The maximum Gasteiger partial charge on any atom is 0.282 e. The van der Waals surface area contributed by atoms with Crippen molar-refractivity contribution in [2.45, 2.75) is 25.8 Å². The smallest absolute Gasteiger partial charge is 0.282 e. The number of carbonyl (C=O) groups is 1. The van der Waals surface area contributed by atoms with Crippen LogP contribution in [0.5, 0.6) is 0 Å². The van der Waals surface area contributed by atoms with Gasteiger partial charge in [0.2, 0.25) is 0 Å². The van der Waals surface area contributed by atoms with E-state index in [1.807, 2.05) is 19.1 Å². The van der Waals surface area contributed by atoms with Crippen LogP contribution in [0.2, 0.25) is 0 Å². The lowest BCUT2D eigenvalue weighted by Gasteiger charge is -2.20. The Kier molecular flexibility index (Phi) is 4.97. The van der Waals surface area contributed by atoms with Gasteiger partial charge in [-0.15, -0.1) is 0 Å². The first-order valence-corrected chi connectivity index (χ1v) is 8.45. The normalized spacial score (nSPS) is 15.0. The molecule has 25 heavy (non-hydrogen) atoms. The minimum atomic E-state index is -0.534. The lowest BCUT2D eigenvalue weighted by Crippen LogP contribution is -2.27. The third-order valence-corrected chi connectivity index (χ3v) is 4.53. The summed E-state index contributed by atoms with van der Waals surface area (Å²) in [5, 5.41) is 14.0. The zero-order chi connectivity index (χ0) is 17.8. The Morgan fingerprint density at radius 2 is 1.88 bits per heavy atom. The van der Waals surface area contributed by atoms with E-state index in [-0.39, 0.29) is 17.3 Å². The molecule has 0 radical (unpaired) electrons. The third-order valence-electron chi connectivity index (χ3n) is 4.53. The molecule has 1 heterocycles. The highest BCUT2D eigenvalue weighted by Gasteiger charge is 2.21. The number of hydrogen-bond donors (Lipinski definition) is 1. The van der Waals surface area contributed by atoms with Crippen LogP contribution in [0, 0.1) is 10.1 Å². The van der Waals surface area contributed by atoms with E-state index in [4.69, 9.17) is 0 Å². The molecule has 0 aliphatic carbocycles. The Labute approximate surface area is 146 Å². The summed E-state index contributed by atoms with van der Waals surface area (Å²) in [6.45, 7) is 4.00. The van der Waals surface area contributed by atoms with E-state index in [2.05, 4.69) is 22.3 Å². The fourth-order valence-electron chi connectivity index (χ4n) is 3.15. The third kappa shape index (κ3) is 3.79.